The van der Waals surface area contributed by atoms with E-state index in [0.717, 1.165) is 10.6 Å². The minimum absolute atomic E-state index is 0.0600. The standard InChI is InChI=1S/C17H18FN3O2S/c18-14-5-3-12(4-6-14)10-21-11-13(8-16(21)22)9-19-17(23)20-15-2-1-7-24-15/h1-7,13H,8-11H2,(H2,19,20,23). The molecule has 2 N–H and O–H groups in total. The van der Waals surface area contributed by atoms with Gasteiger partial charge in [-0.05, 0) is 35.2 Å². The summed E-state index contributed by atoms with van der Waals surface area (Å²) in [6.45, 7) is 1.51. The number of nitrogens with zero attached hydrogens (tertiary/aromatic N) is 1. The van der Waals surface area contributed by atoms with Crippen LogP contribution < -0.4 is 10.6 Å². The van der Waals surface area contributed by atoms with Gasteiger partial charge in [0.15, 0.2) is 0 Å². The van der Waals surface area contributed by atoms with Gasteiger partial charge in [0.05, 0.1) is 5.00 Å². The smallest absolute Gasteiger partial charge is 0.319 e. The maximum atomic E-state index is 12.9. The molecule has 1 atom stereocenters. The number of hydrogen-bond acceptors (Lipinski definition) is 3. The van der Waals surface area contributed by atoms with Crippen molar-refractivity contribution in [2.45, 2.75) is 13.0 Å². The lowest BCUT2D eigenvalue weighted by atomic mass is 10.1. The van der Waals surface area contributed by atoms with Gasteiger partial charge in [-0.3, -0.25) is 10.1 Å². The zero-order valence-corrected chi connectivity index (χ0v) is 13.8. The van der Waals surface area contributed by atoms with Gasteiger partial charge in [0.2, 0.25) is 5.91 Å². The van der Waals surface area contributed by atoms with Gasteiger partial charge in [-0.15, -0.1) is 11.3 Å². The number of urea groups is 1. The highest BCUT2D eigenvalue weighted by Crippen LogP contribution is 2.20. The van der Waals surface area contributed by atoms with Crippen LogP contribution in [-0.4, -0.2) is 29.9 Å². The number of anilines is 1. The van der Waals surface area contributed by atoms with E-state index in [1.54, 1.807) is 17.0 Å². The largest absolute Gasteiger partial charge is 0.338 e. The SMILES string of the molecule is O=C(NCC1CC(=O)N(Cc2ccc(F)cc2)C1)Nc1cccs1. The molecule has 126 valence electrons. The molecule has 5 nitrogen and oxygen atoms in total. The van der Waals surface area contributed by atoms with Crippen LogP contribution in [0, 0.1) is 11.7 Å². The fraction of sp³-hybridized carbons (Fsp3) is 0.294. The fourth-order valence-corrected chi connectivity index (χ4v) is 3.31. The molecule has 1 fully saturated rings. The molecule has 3 amide bonds. The van der Waals surface area contributed by atoms with E-state index in [1.165, 1.54) is 23.5 Å². The molecule has 2 heterocycles. The molecule has 1 aromatic heterocycles. The monoisotopic (exact) mass is 347 g/mol. The van der Waals surface area contributed by atoms with Crippen molar-refractivity contribution in [1.29, 1.82) is 0 Å². The van der Waals surface area contributed by atoms with E-state index in [-0.39, 0.29) is 23.7 Å². The van der Waals surface area contributed by atoms with E-state index >= 15 is 0 Å². The van der Waals surface area contributed by atoms with Crippen molar-refractivity contribution < 1.29 is 14.0 Å². The van der Waals surface area contributed by atoms with E-state index < -0.39 is 0 Å². The summed E-state index contributed by atoms with van der Waals surface area (Å²) in [6.07, 6.45) is 0.417. The summed E-state index contributed by atoms with van der Waals surface area (Å²) < 4.78 is 12.9. The molecule has 0 spiro atoms. The molecule has 24 heavy (non-hydrogen) atoms. The predicted molar refractivity (Wildman–Crippen MR) is 91.3 cm³/mol. The fourth-order valence-electron chi connectivity index (χ4n) is 2.70. The van der Waals surface area contributed by atoms with Crippen LogP contribution >= 0.6 is 11.3 Å². The molecule has 1 saturated heterocycles. The number of carbonyl (C=O) groups is 2. The summed E-state index contributed by atoms with van der Waals surface area (Å²) >= 11 is 1.45. The minimum atomic E-state index is -0.287. The Kier molecular flexibility index (Phi) is 5.10. The van der Waals surface area contributed by atoms with Crippen molar-refractivity contribution in [3.8, 4) is 0 Å². The normalized spacial score (nSPS) is 17.1. The first-order chi connectivity index (χ1) is 11.6. The quantitative estimate of drug-likeness (QED) is 0.873. The van der Waals surface area contributed by atoms with Crippen molar-refractivity contribution >= 4 is 28.3 Å². The zero-order chi connectivity index (χ0) is 16.9. The number of benzene rings is 1. The topological polar surface area (TPSA) is 61.4 Å². The molecule has 0 radical (unpaired) electrons. The van der Waals surface area contributed by atoms with Crippen LogP contribution in [0.4, 0.5) is 14.2 Å². The number of carbonyl (C=O) groups excluding carboxylic acids is 2. The Morgan fingerprint density at radius 1 is 1.29 bits per heavy atom. The van der Waals surface area contributed by atoms with Crippen LogP contribution in [0.2, 0.25) is 0 Å². The number of halogens is 1. The first-order valence-corrected chi connectivity index (χ1v) is 8.58. The molecule has 1 aliphatic rings. The Bertz CT molecular complexity index is 703. The third kappa shape index (κ3) is 4.32. The number of rotatable bonds is 5. The average Bonchev–Trinajstić information content (AvgIpc) is 3.18. The van der Waals surface area contributed by atoms with Crippen molar-refractivity contribution in [3.05, 3.63) is 53.2 Å². The number of thiophene rings is 1. The number of likely N-dealkylation sites (tertiary alicyclic amines) is 1. The van der Waals surface area contributed by atoms with Crippen LogP contribution in [0.1, 0.15) is 12.0 Å². The first-order valence-electron chi connectivity index (χ1n) is 7.71. The molecule has 7 heteroatoms. The lowest BCUT2D eigenvalue weighted by molar-refractivity contribution is -0.128. The second-order valence-electron chi connectivity index (χ2n) is 5.78. The molecule has 2 aromatic rings. The lowest BCUT2D eigenvalue weighted by Gasteiger charge is -2.17. The molecule has 1 unspecified atom stereocenters. The van der Waals surface area contributed by atoms with Crippen LogP contribution in [0.5, 0.6) is 0 Å². The van der Waals surface area contributed by atoms with E-state index in [2.05, 4.69) is 10.6 Å². The van der Waals surface area contributed by atoms with Gasteiger partial charge >= 0.3 is 6.03 Å². The molecule has 3 rings (SSSR count). The third-order valence-electron chi connectivity index (χ3n) is 3.89. The average molecular weight is 347 g/mol. The van der Waals surface area contributed by atoms with Gasteiger partial charge in [0, 0.05) is 32.0 Å². The summed E-state index contributed by atoms with van der Waals surface area (Å²) in [6, 6.07) is 9.58. The van der Waals surface area contributed by atoms with Gasteiger partial charge in [-0.1, -0.05) is 12.1 Å². The Morgan fingerprint density at radius 3 is 2.79 bits per heavy atom. The van der Waals surface area contributed by atoms with Gasteiger partial charge < -0.3 is 10.2 Å². The van der Waals surface area contributed by atoms with Crippen LogP contribution in [0.3, 0.4) is 0 Å². The van der Waals surface area contributed by atoms with Crippen molar-refractivity contribution in [2.24, 2.45) is 5.92 Å². The van der Waals surface area contributed by atoms with Gasteiger partial charge in [-0.2, -0.15) is 0 Å². The Hall–Kier alpha value is -2.41. The van der Waals surface area contributed by atoms with Crippen molar-refractivity contribution in [3.63, 3.8) is 0 Å². The van der Waals surface area contributed by atoms with Crippen LogP contribution in [-0.2, 0) is 11.3 Å². The molecule has 1 aliphatic heterocycles. The second-order valence-corrected chi connectivity index (χ2v) is 6.73. The zero-order valence-electron chi connectivity index (χ0n) is 13.0. The number of amides is 3. The molecule has 0 aliphatic carbocycles. The van der Waals surface area contributed by atoms with Gasteiger partial charge in [-0.25, -0.2) is 9.18 Å². The lowest BCUT2D eigenvalue weighted by Crippen LogP contribution is -2.34. The number of hydrogen-bond donors (Lipinski definition) is 2. The van der Waals surface area contributed by atoms with Crippen LogP contribution in [0.15, 0.2) is 41.8 Å². The Labute approximate surface area is 143 Å². The van der Waals surface area contributed by atoms with Crippen LogP contribution in [0.25, 0.3) is 0 Å². The molecule has 0 bridgehead atoms. The summed E-state index contributed by atoms with van der Waals surface area (Å²) in [5.41, 5.74) is 0.897. The van der Waals surface area contributed by atoms with E-state index in [9.17, 15) is 14.0 Å². The summed E-state index contributed by atoms with van der Waals surface area (Å²) in [7, 11) is 0. The molecular weight excluding hydrogens is 329 g/mol. The Balaban J connectivity index is 1.46. The predicted octanol–water partition coefficient (Wildman–Crippen LogP) is 3.06. The summed E-state index contributed by atoms with van der Waals surface area (Å²) in [4.78, 5) is 25.6. The van der Waals surface area contributed by atoms with Gasteiger partial charge in [0.1, 0.15) is 5.82 Å². The van der Waals surface area contributed by atoms with Crippen molar-refractivity contribution in [2.75, 3.05) is 18.4 Å². The second kappa shape index (κ2) is 7.44. The first kappa shape index (κ1) is 16.4. The van der Waals surface area contributed by atoms with Crippen molar-refractivity contribution in [1.82, 2.24) is 10.2 Å². The highest BCUT2D eigenvalue weighted by molar-refractivity contribution is 7.14. The maximum Gasteiger partial charge on any atom is 0.319 e. The molecular formula is C17H18FN3O2S. The number of nitrogens with one attached hydrogen (secondary N) is 2. The highest BCUT2D eigenvalue weighted by Gasteiger charge is 2.29. The highest BCUT2D eigenvalue weighted by atomic mass is 32.1. The van der Waals surface area contributed by atoms with E-state index in [0.29, 0.717) is 26.1 Å². The third-order valence-corrected chi connectivity index (χ3v) is 4.68. The minimum Gasteiger partial charge on any atom is -0.338 e. The van der Waals surface area contributed by atoms with E-state index in [4.69, 9.17) is 0 Å². The molecule has 1 aromatic carbocycles. The maximum absolute atomic E-state index is 12.9. The summed E-state index contributed by atoms with van der Waals surface area (Å²) in [5, 5.41) is 8.22. The van der Waals surface area contributed by atoms with E-state index in [1.807, 2.05) is 17.5 Å². The van der Waals surface area contributed by atoms with Gasteiger partial charge in [0.25, 0.3) is 0 Å². The summed E-state index contributed by atoms with van der Waals surface area (Å²) in [5.74, 6) is -0.137. The molecule has 0 saturated carbocycles. The Morgan fingerprint density at radius 2 is 2.08 bits per heavy atom.